The van der Waals surface area contributed by atoms with Crippen molar-refractivity contribution >= 4 is 28.4 Å². The summed E-state index contributed by atoms with van der Waals surface area (Å²) in [6, 6.07) is 7.60. The van der Waals surface area contributed by atoms with Crippen LogP contribution in [0, 0.1) is 0 Å². The Morgan fingerprint density at radius 2 is 2.32 bits per heavy atom. The number of hydrogen-bond donors (Lipinski definition) is 1. The van der Waals surface area contributed by atoms with Crippen LogP contribution in [0.3, 0.4) is 0 Å². The number of carbonyl (C=O) groups is 1. The summed E-state index contributed by atoms with van der Waals surface area (Å²) < 4.78 is 7.41. The number of halogens is 1. The summed E-state index contributed by atoms with van der Waals surface area (Å²) in [5.41, 5.74) is 0.956. The molecule has 0 aliphatic carbocycles. The van der Waals surface area contributed by atoms with Crippen molar-refractivity contribution in [1.82, 2.24) is 19.4 Å². The van der Waals surface area contributed by atoms with Crippen LogP contribution in [0.25, 0.3) is 10.9 Å². The van der Waals surface area contributed by atoms with E-state index in [0.717, 1.165) is 23.1 Å². The number of nitrogens with one attached hydrogen (secondary N) is 1. The number of ether oxygens (including phenoxy) is 1. The number of hydrogen-bond acceptors (Lipinski definition) is 3. The van der Waals surface area contributed by atoms with E-state index >= 15 is 0 Å². The van der Waals surface area contributed by atoms with Gasteiger partial charge in [0.1, 0.15) is 12.4 Å². The fourth-order valence-electron chi connectivity index (χ4n) is 3.49. The highest BCUT2D eigenvalue weighted by Crippen LogP contribution is 2.32. The molecule has 0 bridgehead atoms. The first-order valence-electron chi connectivity index (χ1n) is 8.21. The second-order valence-electron chi connectivity index (χ2n) is 6.28. The third-order valence-corrected chi connectivity index (χ3v) is 5.03. The summed E-state index contributed by atoms with van der Waals surface area (Å²) in [5.74, 6) is 0.840. The van der Waals surface area contributed by atoms with Crippen LogP contribution in [0.15, 0.2) is 42.9 Å². The molecule has 1 unspecified atom stereocenters. The van der Waals surface area contributed by atoms with Gasteiger partial charge in [0.05, 0.1) is 12.1 Å². The predicted molar refractivity (Wildman–Crippen MR) is 95.4 cm³/mol. The van der Waals surface area contributed by atoms with Crippen molar-refractivity contribution in [3.63, 3.8) is 0 Å². The number of carbonyl (C=O) groups excluding carboxylic acids is 1. The van der Waals surface area contributed by atoms with Crippen molar-refractivity contribution in [2.75, 3.05) is 13.7 Å². The van der Waals surface area contributed by atoms with E-state index in [1.165, 1.54) is 0 Å². The molecule has 1 saturated heterocycles. The Labute approximate surface area is 150 Å². The van der Waals surface area contributed by atoms with E-state index in [1.54, 1.807) is 19.5 Å². The molecule has 1 aromatic carbocycles. The molecule has 1 aliphatic heterocycles. The number of methoxy groups -OCH3 is 1. The molecule has 1 aliphatic rings. The minimum atomic E-state index is -0.0853. The zero-order chi connectivity index (χ0) is 17.4. The zero-order valence-corrected chi connectivity index (χ0v) is 14.6. The van der Waals surface area contributed by atoms with Crippen LogP contribution >= 0.6 is 11.6 Å². The summed E-state index contributed by atoms with van der Waals surface area (Å²) in [6.07, 6.45) is 6.17. The lowest BCUT2D eigenvalue weighted by Gasteiger charge is -2.23. The lowest BCUT2D eigenvalue weighted by atomic mass is 10.2. The molecule has 7 heteroatoms. The zero-order valence-electron chi connectivity index (χ0n) is 13.9. The maximum Gasteiger partial charge on any atom is 0.243 e. The molecule has 1 N–H and O–H groups in total. The Balaban J connectivity index is 1.59. The van der Waals surface area contributed by atoms with Crippen molar-refractivity contribution < 1.29 is 9.53 Å². The van der Waals surface area contributed by atoms with Gasteiger partial charge in [0.25, 0.3) is 0 Å². The van der Waals surface area contributed by atoms with Crippen molar-refractivity contribution in [3.8, 4) is 0 Å². The van der Waals surface area contributed by atoms with Gasteiger partial charge in [0.2, 0.25) is 5.91 Å². The smallest absolute Gasteiger partial charge is 0.243 e. The number of fused-ring (bicyclic) bond motifs is 1. The third kappa shape index (κ3) is 3.03. The highest BCUT2D eigenvalue weighted by atomic mass is 35.5. The number of imidazole rings is 1. The second kappa shape index (κ2) is 6.54. The van der Waals surface area contributed by atoms with Crippen LogP contribution in [0.5, 0.6) is 0 Å². The van der Waals surface area contributed by atoms with Crippen LogP contribution in [0.2, 0.25) is 5.02 Å². The molecule has 0 radical (unpaired) electrons. The van der Waals surface area contributed by atoms with Gasteiger partial charge in [-0.25, -0.2) is 4.98 Å². The van der Waals surface area contributed by atoms with Crippen LogP contribution in [0.4, 0.5) is 0 Å². The summed E-state index contributed by atoms with van der Waals surface area (Å²) in [6.45, 7) is 0.831. The molecule has 3 heterocycles. The number of aromatic amines is 1. The first-order chi connectivity index (χ1) is 12.2. The minimum absolute atomic E-state index is 0.0231. The molecule has 0 saturated carbocycles. The largest absolute Gasteiger partial charge is 0.380 e. The number of likely N-dealkylation sites (tertiary alicyclic amines) is 1. The molecule has 6 nitrogen and oxygen atoms in total. The van der Waals surface area contributed by atoms with Gasteiger partial charge in [0.15, 0.2) is 0 Å². The third-order valence-electron chi connectivity index (χ3n) is 4.79. The van der Waals surface area contributed by atoms with E-state index in [-0.39, 0.29) is 24.6 Å². The molecule has 1 amide bonds. The Morgan fingerprint density at radius 3 is 3.08 bits per heavy atom. The number of amides is 1. The topological polar surface area (TPSA) is 63.1 Å². The predicted octanol–water partition coefficient (Wildman–Crippen LogP) is 3.01. The second-order valence-corrected chi connectivity index (χ2v) is 6.71. The average Bonchev–Trinajstić information content (AvgIpc) is 3.34. The fraction of sp³-hybridized carbons (Fsp3) is 0.333. The number of benzene rings is 1. The van der Waals surface area contributed by atoms with Crippen molar-refractivity contribution in [1.29, 1.82) is 0 Å². The lowest BCUT2D eigenvalue weighted by Crippen LogP contribution is -2.34. The van der Waals surface area contributed by atoms with Gasteiger partial charge < -0.3 is 19.2 Å². The van der Waals surface area contributed by atoms with Gasteiger partial charge in [0, 0.05) is 49.2 Å². The lowest BCUT2D eigenvalue weighted by molar-refractivity contribution is -0.133. The SMILES string of the molecule is CO[C@@H]1CC(c2ncc[nH]2)N(C(=O)Cn2ccc3ccc(Cl)cc32)C1. The van der Waals surface area contributed by atoms with Crippen LogP contribution in [-0.2, 0) is 16.1 Å². The van der Waals surface area contributed by atoms with Crippen LogP contribution < -0.4 is 0 Å². The van der Waals surface area contributed by atoms with E-state index in [0.29, 0.717) is 11.6 Å². The van der Waals surface area contributed by atoms with Crippen LogP contribution in [-0.4, -0.2) is 45.1 Å². The highest BCUT2D eigenvalue weighted by Gasteiger charge is 2.37. The van der Waals surface area contributed by atoms with E-state index in [2.05, 4.69) is 9.97 Å². The number of aromatic nitrogens is 3. The van der Waals surface area contributed by atoms with Crippen molar-refractivity contribution in [2.24, 2.45) is 0 Å². The molecule has 2 aromatic heterocycles. The number of nitrogens with zero attached hydrogens (tertiary/aromatic N) is 3. The average molecular weight is 359 g/mol. The van der Waals surface area contributed by atoms with E-state index < -0.39 is 0 Å². The highest BCUT2D eigenvalue weighted by molar-refractivity contribution is 6.31. The molecule has 130 valence electrons. The van der Waals surface area contributed by atoms with E-state index in [1.807, 2.05) is 39.9 Å². The Bertz CT molecular complexity index is 890. The van der Waals surface area contributed by atoms with Crippen molar-refractivity contribution in [2.45, 2.75) is 25.1 Å². The Kier molecular flexibility index (Phi) is 4.23. The quantitative estimate of drug-likeness (QED) is 0.779. The van der Waals surface area contributed by atoms with Crippen molar-refractivity contribution in [3.05, 3.63) is 53.7 Å². The Hall–Kier alpha value is -2.31. The molecule has 2 atom stereocenters. The van der Waals surface area contributed by atoms with Gasteiger partial charge in [-0.1, -0.05) is 17.7 Å². The van der Waals surface area contributed by atoms with Gasteiger partial charge in [-0.05, 0) is 23.6 Å². The molecule has 3 aromatic rings. The van der Waals surface area contributed by atoms with Gasteiger partial charge >= 0.3 is 0 Å². The van der Waals surface area contributed by atoms with E-state index in [9.17, 15) is 4.79 Å². The standard InChI is InChI=1S/C18H19ClN4O2/c1-25-14-9-16(18-20-5-6-21-18)23(10-14)17(24)11-22-7-4-12-2-3-13(19)8-15(12)22/h2-8,14,16H,9-11H2,1H3,(H,20,21)/t14-,16?/m1/s1. The summed E-state index contributed by atoms with van der Waals surface area (Å²) in [5, 5.41) is 1.73. The normalized spacial score (nSPS) is 20.5. The maximum atomic E-state index is 13.0. The van der Waals surface area contributed by atoms with E-state index in [4.69, 9.17) is 16.3 Å². The summed E-state index contributed by atoms with van der Waals surface area (Å²) in [7, 11) is 1.68. The first-order valence-corrected chi connectivity index (χ1v) is 8.59. The summed E-state index contributed by atoms with van der Waals surface area (Å²) >= 11 is 6.10. The van der Waals surface area contributed by atoms with Gasteiger partial charge in [-0.3, -0.25) is 4.79 Å². The number of rotatable bonds is 4. The molecule has 0 spiro atoms. The van der Waals surface area contributed by atoms with Gasteiger partial charge in [-0.2, -0.15) is 0 Å². The molecule has 1 fully saturated rings. The van der Waals surface area contributed by atoms with Gasteiger partial charge in [-0.15, -0.1) is 0 Å². The number of H-pyrrole nitrogens is 1. The Morgan fingerprint density at radius 1 is 1.44 bits per heavy atom. The molecular formula is C18H19ClN4O2. The monoisotopic (exact) mass is 358 g/mol. The fourth-order valence-corrected chi connectivity index (χ4v) is 3.66. The van der Waals surface area contributed by atoms with Crippen LogP contribution in [0.1, 0.15) is 18.3 Å². The molecule has 25 heavy (non-hydrogen) atoms. The first kappa shape index (κ1) is 16.2. The minimum Gasteiger partial charge on any atom is -0.380 e. The molecule has 4 rings (SSSR count). The maximum absolute atomic E-state index is 13.0. The summed E-state index contributed by atoms with van der Waals surface area (Å²) in [4.78, 5) is 22.3. The molecular weight excluding hydrogens is 340 g/mol.